The van der Waals surface area contributed by atoms with E-state index >= 15 is 0 Å². The lowest BCUT2D eigenvalue weighted by Crippen LogP contribution is -2.37. The van der Waals surface area contributed by atoms with Gasteiger partial charge in [-0.05, 0) is 37.1 Å². The van der Waals surface area contributed by atoms with E-state index in [9.17, 15) is 9.59 Å². The van der Waals surface area contributed by atoms with Gasteiger partial charge >= 0.3 is 12.1 Å². The van der Waals surface area contributed by atoms with Crippen molar-refractivity contribution in [2.24, 2.45) is 4.99 Å². The molecule has 0 aromatic heterocycles. The van der Waals surface area contributed by atoms with Crippen LogP contribution in [0.4, 0.5) is 15.3 Å². The number of nitrogens with one attached hydrogen (secondary N) is 1. The number of urea groups is 2. The predicted octanol–water partition coefficient (Wildman–Crippen LogP) is 4.26. The summed E-state index contributed by atoms with van der Waals surface area (Å²) in [6.07, 6.45) is 5.75. The number of hydrogen-bond donors (Lipinski definition) is 1. The Balaban J connectivity index is 2.11. The highest BCUT2D eigenvalue weighted by atomic mass is 32.2. The minimum atomic E-state index is -0.377. The van der Waals surface area contributed by atoms with Crippen LogP contribution in [0.25, 0.3) is 0 Å². The molecule has 0 spiro atoms. The molecular formula is C19H28N4O3S. The molecule has 1 aromatic rings. The molecule has 0 atom stereocenters. The maximum absolute atomic E-state index is 12.7. The first kappa shape index (κ1) is 21.1. The Labute approximate surface area is 165 Å². The summed E-state index contributed by atoms with van der Waals surface area (Å²) in [6, 6.07) is 6.36. The Morgan fingerprint density at radius 2 is 1.74 bits per heavy atom. The topological polar surface area (TPSA) is 74.2 Å². The van der Waals surface area contributed by atoms with Gasteiger partial charge in [0.25, 0.3) is 0 Å². The second-order valence-electron chi connectivity index (χ2n) is 6.67. The van der Waals surface area contributed by atoms with E-state index in [-0.39, 0.29) is 12.1 Å². The smallest absolute Gasteiger partial charge is 0.345 e. The zero-order valence-electron chi connectivity index (χ0n) is 16.4. The molecule has 8 heteroatoms. The Morgan fingerprint density at radius 3 is 2.30 bits per heavy atom. The molecule has 0 heterocycles. The second-order valence-corrected chi connectivity index (χ2v) is 7.93. The molecule has 148 valence electrons. The summed E-state index contributed by atoms with van der Waals surface area (Å²) < 4.78 is 5.12. The van der Waals surface area contributed by atoms with Crippen molar-refractivity contribution in [2.75, 3.05) is 33.6 Å². The maximum Gasteiger partial charge on any atom is 0.345 e. The van der Waals surface area contributed by atoms with Crippen molar-refractivity contribution in [3.05, 3.63) is 24.3 Å². The molecule has 2 rings (SSSR count). The fraction of sp³-hybridized carbons (Fsp3) is 0.526. The number of carbonyl (C=O) groups excluding carboxylic acids is 2. The number of aliphatic imine (C=N–C) groups is 1. The first-order chi connectivity index (χ1) is 12.9. The molecular weight excluding hydrogens is 364 g/mol. The van der Waals surface area contributed by atoms with Crippen LogP contribution in [0.1, 0.15) is 32.1 Å². The summed E-state index contributed by atoms with van der Waals surface area (Å²) in [4.78, 5) is 31.7. The van der Waals surface area contributed by atoms with E-state index in [1.54, 1.807) is 52.5 Å². The number of rotatable bonds is 3. The van der Waals surface area contributed by atoms with Gasteiger partial charge < -0.3 is 15.0 Å². The van der Waals surface area contributed by atoms with Gasteiger partial charge in [-0.25, -0.2) is 9.59 Å². The number of amidine groups is 1. The molecule has 1 N–H and O–H groups in total. The molecule has 1 aromatic carbocycles. The minimum Gasteiger partial charge on any atom is -0.497 e. The van der Waals surface area contributed by atoms with Crippen molar-refractivity contribution < 1.29 is 14.3 Å². The number of carbonyl (C=O) groups is 2. The van der Waals surface area contributed by atoms with Crippen molar-refractivity contribution in [3.8, 4) is 5.75 Å². The van der Waals surface area contributed by atoms with Crippen LogP contribution in [0.5, 0.6) is 5.75 Å². The van der Waals surface area contributed by atoms with E-state index in [0.29, 0.717) is 21.9 Å². The number of amides is 4. The molecule has 0 bridgehead atoms. The number of ether oxygens (including phenoxy) is 1. The monoisotopic (exact) mass is 392 g/mol. The summed E-state index contributed by atoms with van der Waals surface area (Å²) in [7, 11) is 6.52. The average molecular weight is 393 g/mol. The summed E-state index contributed by atoms with van der Waals surface area (Å²) in [5, 5.41) is 3.63. The maximum atomic E-state index is 12.7. The SMILES string of the molecule is COc1ccc(NC(=O)N(C)C(=NC(=O)N(C)C)SC2CCCCC2)cc1. The fourth-order valence-electron chi connectivity index (χ4n) is 2.66. The zero-order valence-corrected chi connectivity index (χ0v) is 17.2. The van der Waals surface area contributed by atoms with Crippen LogP contribution < -0.4 is 10.1 Å². The first-order valence-electron chi connectivity index (χ1n) is 9.06. The molecule has 0 unspecified atom stereocenters. The first-order valence-corrected chi connectivity index (χ1v) is 9.94. The second kappa shape index (κ2) is 10.2. The number of methoxy groups -OCH3 is 1. The molecule has 1 aliphatic carbocycles. The van der Waals surface area contributed by atoms with Gasteiger partial charge in [0.2, 0.25) is 0 Å². The standard InChI is InChI=1S/C19H28N4O3S/c1-22(2)17(24)21-19(27-16-8-6-5-7-9-16)23(3)18(25)20-14-10-12-15(26-4)13-11-14/h10-13,16H,5-9H2,1-4H3,(H,20,25). The molecule has 0 saturated heterocycles. The third-order valence-electron chi connectivity index (χ3n) is 4.33. The summed E-state index contributed by atoms with van der Waals surface area (Å²) in [5.41, 5.74) is 0.647. The van der Waals surface area contributed by atoms with Gasteiger partial charge in [0.05, 0.1) is 7.11 Å². The van der Waals surface area contributed by atoms with E-state index in [2.05, 4.69) is 10.3 Å². The van der Waals surface area contributed by atoms with Crippen LogP contribution in [-0.2, 0) is 0 Å². The molecule has 7 nitrogen and oxygen atoms in total. The van der Waals surface area contributed by atoms with E-state index < -0.39 is 0 Å². The van der Waals surface area contributed by atoms with Gasteiger partial charge in [-0.15, -0.1) is 0 Å². The quantitative estimate of drug-likeness (QED) is 0.616. The van der Waals surface area contributed by atoms with Gasteiger partial charge in [0, 0.05) is 32.1 Å². The number of hydrogen-bond acceptors (Lipinski definition) is 4. The molecule has 0 aliphatic heterocycles. The van der Waals surface area contributed by atoms with Gasteiger partial charge in [0.1, 0.15) is 5.75 Å². The molecule has 4 amide bonds. The highest BCUT2D eigenvalue weighted by Gasteiger charge is 2.23. The fourth-order valence-corrected chi connectivity index (χ4v) is 3.90. The minimum absolute atomic E-state index is 0.339. The van der Waals surface area contributed by atoms with Gasteiger partial charge in [-0.1, -0.05) is 31.0 Å². The Bertz CT molecular complexity index is 670. The van der Waals surface area contributed by atoms with Gasteiger partial charge in [-0.2, -0.15) is 4.99 Å². The van der Waals surface area contributed by atoms with Crippen LogP contribution in [-0.4, -0.2) is 60.5 Å². The summed E-state index contributed by atoms with van der Waals surface area (Å²) in [5.74, 6) is 0.716. The lowest BCUT2D eigenvalue weighted by Gasteiger charge is -2.26. The lowest BCUT2D eigenvalue weighted by molar-refractivity contribution is 0.227. The largest absolute Gasteiger partial charge is 0.497 e. The van der Waals surface area contributed by atoms with E-state index in [1.807, 2.05) is 0 Å². The zero-order chi connectivity index (χ0) is 19.8. The van der Waals surface area contributed by atoms with Crippen molar-refractivity contribution >= 4 is 34.7 Å². The van der Waals surface area contributed by atoms with Crippen molar-refractivity contribution in [2.45, 2.75) is 37.4 Å². The average Bonchev–Trinajstić information content (AvgIpc) is 2.68. The van der Waals surface area contributed by atoms with E-state index in [1.165, 1.54) is 40.8 Å². The van der Waals surface area contributed by atoms with Crippen molar-refractivity contribution in [1.82, 2.24) is 9.80 Å². The third kappa shape index (κ3) is 6.46. The molecule has 0 radical (unpaired) electrons. The Hall–Kier alpha value is -2.22. The number of nitrogens with zero attached hydrogens (tertiary/aromatic N) is 3. The van der Waals surface area contributed by atoms with Gasteiger partial charge in [0.15, 0.2) is 5.17 Å². The van der Waals surface area contributed by atoms with Crippen LogP contribution in [0.2, 0.25) is 0 Å². The van der Waals surface area contributed by atoms with E-state index in [4.69, 9.17) is 4.74 Å². The summed E-state index contributed by atoms with van der Waals surface area (Å²) in [6.45, 7) is 0. The molecule has 27 heavy (non-hydrogen) atoms. The van der Waals surface area contributed by atoms with Crippen LogP contribution >= 0.6 is 11.8 Å². The highest BCUT2D eigenvalue weighted by Crippen LogP contribution is 2.30. The molecule has 1 aliphatic rings. The number of anilines is 1. The van der Waals surface area contributed by atoms with Crippen LogP contribution in [0, 0.1) is 0 Å². The van der Waals surface area contributed by atoms with E-state index in [0.717, 1.165) is 12.8 Å². The van der Waals surface area contributed by atoms with Crippen molar-refractivity contribution in [3.63, 3.8) is 0 Å². The number of thioether (sulfide) groups is 1. The van der Waals surface area contributed by atoms with Gasteiger partial charge in [-0.3, -0.25) is 4.90 Å². The molecule has 1 fully saturated rings. The Morgan fingerprint density at radius 1 is 1.11 bits per heavy atom. The molecule has 1 saturated carbocycles. The highest BCUT2D eigenvalue weighted by molar-refractivity contribution is 8.14. The third-order valence-corrected chi connectivity index (χ3v) is 5.71. The number of benzene rings is 1. The van der Waals surface area contributed by atoms with Crippen molar-refractivity contribution in [1.29, 1.82) is 0 Å². The normalized spacial score (nSPS) is 15.2. The summed E-state index contributed by atoms with van der Waals surface area (Å²) >= 11 is 1.51. The van der Waals surface area contributed by atoms with Crippen LogP contribution in [0.3, 0.4) is 0 Å². The predicted molar refractivity (Wildman–Crippen MR) is 111 cm³/mol. The lowest BCUT2D eigenvalue weighted by atomic mass is 10.0. The Kier molecular flexibility index (Phi) is 7.97. The van der Waals surface area contributed by atoms with Crippen LogP contribution in [0.15, 0.2) is 29.3 Å².